The molecule has 1 unspecified atom stereocenters. The number of aliphatic hydroxyl groups is 1. The minimum absolute atomic E-state index is 0.0370. The Morgan fingerprint density at radius 1 is 1.34 bits per heavy atom. The van der Waals surface area contributed by atoms with Crippen LogP contribution in [0, 0.1) is 17.2 Å². The molecule has 0 aliphatic heterocycles. The van der Waals surface area contributed by atoms with Crippen molar-refractivity contribution in [2.24, 2.45) is 11.3 Å². The highest BCUT2D eigenvalue weighted by molar-refractivity contribution is 6.36. The van der Waals surface area contributed by atoms with E-state index in [1.54, 1.807) is 6.20 Å². The Labute approximate surface area is 195 Å². The van der Waals surface area contributed by atoms with Gasteiger partial charge in [0.1, 0.15) is 11.3 Å². The van der Waals surface area contributed by atoms with E-state index in [2.05, 4.69) is 27.5 Å². The molecule has 10 heteroatoms. The Morgan fingerprint density at radius 3 is 2.88 bits per heavy atom. The van der Waals surface area contributed by atoms with E-state index in [4.69, 9.17) is 28.2 Å². The van der Waals surface area contributed by atoms with E-state index in [1.807, 2.05) is 11.5 Å². The van der Waals surface area contributed by atoms with Gasteiger partial charge in [-0.15, -0.1) is 0 Å². The normalized spacial score (nSPS) is 25.4. The van der Waals surface area contributed by atoms with Gasteiger partial charge in [-0.3, -0.25) is 4.57 Å². The van der Waals surface area contributed by atoms with Crippen molar-refractivity contribution in [3.8, 4) is 0 Å². The fourth-order valence-corrected chi connectivity index (χ4v) is 5.30. The van der Waals surface area contributed by atoms with E-state index < -0.39 is 5.82 Å². The molecule has 7 nitrogen and oxygen atoms in total. The molecule has 3 N–H and O–H groups in total. The first-order valence-corrected chi connectivity index (χ1v) is 11.6. The zero-order valence-electron chi connectivity index (χ0n) is 17.9. The Balaban J connectivity index is 1.58. The average molecular weight is 479 g/mol. The molecule has 0 spiro atoms. The second-order valence-electron chi connectivity index (χ2n) is 9.29. The SMILES string of the molecule is C[C@@H](CO)Nc1ncc2nc(Nc3c(F)cc(Cl)cc3Cl)n([C@H]3CC[C@@]4(C)CC4C3)c2n1. The molecule has 170 valence electrons. The summed E-state index contributed by atoms with van der Waals surface area (Å²) in [6.45, 7) is 4.16. The molecule has 2 heterocycles. The molecule has 4 atom stereocenters. The predicted octanol–water partition coefficient (Wildman–Crippen LogP) is 5.56. The lowest BCUT2D eigenvalue weighted by molar-refractivity contribution is 0.280. The molecular formula is C22H25Cl2FN6O. The monoisotopic (exact) mass is 478 g/mol. The summed E-state index contributed by atoms with van der Waals surface area (Å²) >= 11 is 12.2. The van der Waals surface area contributed by atoms with Gasteiger partial charge in [-0.05, 0) is 56.1 Å². The molecular weight excluding hydrogens is 454 g/mol. The highest BCUT2D eigenvalue weighted by Gasteiger charge is 2.53. The molecule has 0 radical (unpaired) electrons. The van der Waals surface area contributed by atoms with Gasteiger partial charge >= 0.3 is 0 Å². The third kappa shape index (κ3) is 3.89. The van der Waals surface area contributed by atoms with Gasteiger partial charge in [0.25, 0.3) is 0 Å². The van der Waals surface area contributed by atoms with E-state index in [0.29, 0.717) is 34.4 Å². The maximum atomic E-state index is 14.7. The van der Waals surface area contributed by atoms with Crippen LogP contribution in [-0.2, 0) is 0 Å². The molecule has 2 aliphatic rings. The van der Waals surface area contributed by atoms with Crippen molar-refractivity contribution < 1.29 is 9.50 Å². The summed E-state index contributed by atoms with van der Waals surface area (Å²) in [7, 11) is 0. The summed E-state index contributed by atoms with van der Waals surface area (Å²) in [5.74, 6) is 1.01. The summed E-state index contributed by atoms with van der Waals surface area (Å²) in [6, 6.07) is 2.70. The second kappa shape index (κ2) is 8.01. The standard InChI is InChI=1S/C22H25Cl2FN6O/c1-11(10-32)27-20-26-9-17-19(30-20)31(14-3-4-22(2)8-12(22)5-14)21(28-17)29-18-15(24)6-13(23)7-16(18)25/h6-7,9,11-12,14,32H,3-5,8,10H2,1-2H3,(H,28,29)(H,26,27,30)/t11-,12?,14-,22-/m0/s1. The van der Waals surface area contributed by atoms with Gasteiger partial charge < -0.3 is 15.7 Å². The number of aromatic nitrogens is 4. The van der Waals surface area contributed by atoms with Gasteiger partial charge in [-0.1, -0.05) is 30.1 Å². The van der Waals surface area contributed by atoms with Crippen LogP contribution < -0.4 is 10.6 Å². The van der Waals surface area contributed by atoms with Crippen LogP contribution in [0.25, 0.3) is 11.2 Å². The molecule has 1 aromatic carbocycles. The number of benzene rings is 1. The first-order chi connectivity index (χ1) is 15.3. The van der Waals surface area contributed by atoms with Gasteiger partial charge in [0.2, 0.25) is 11.9 Å². The van der Waals surface area contributed by atoms with Crippen LogP contribution in [0.15, 0.2) is 18.3 Å². The van der Waals surface area contributed by atoms with Crippen molar-refractivity contribution in [2.45, 2.75) is 51.6 Å². The molecule has 0 amide bonds. The number of imidazole rings is 1. The maximum Gasteiger partial charge on any atom is 0.225 e. The number of hydrogen-bond donors (Lipinski definition) is 3. The number of nitrogens with zero attached hydrogens (tertiary/aromatic N) is 4. The van der Waals surface area contributed by atoms with Gasteiger partial charge in [0, 0.05) is 17.1 Å². The lowest BCUT2D eigenvalue weighted by Crippen LogP contribution is -2.22. The van der Waals surface area contributed by atoms with Crippen LogP contribution in [-0.4, -0.2) is 37.3 Å². The van der Waals surface area contributed by atoms with Gasteiger partial charge in [0.15, 0.2) is 5.65 Å². The number of aliphatic hydroxyl groups excluding tert-OH is 1. The van der Waals surface area contributed by atoms with Crippen LogP contribution in [0.4, 0.5) is 22.0 Å². The minimum atomic E-state index is -0.551. The quantitative estimate of drug-likeness (QED) is 0.429. The van der Waals surface area contributed by atoms with E-state index >= 15 is 0 Å². The molecule has 2 saturated carbocycles. The smallest absolute Gasteiger partial charge is 0.225 e. The van der Waals surface area contributed by atoms with E-state index in [9.17, 15) is 9.50 Å². The van der Waals surface area contributed by atoms with E-state index in [1.165, 1.54) is 18.6 Å². The van der Waals surface area contributed by atoms with Crippen molar-refractivity contribution in [3.05, 3.63) is 34.2 Å². The number of hydrogen-bond acceptors (Lipinski definition) is 6. The fourth-order valence-electron chi connectivity index (χ4n) is 4.79. The molecule has 2 aromatic heterocycles. The van der Waals surface area contributed by atoms with E-state index in [0.717, 1.165) is 19.3 Å². The van der Waals surface area contributed by atoms with Crippen LogP contribution in [0.3, 0.4) is 0 Å². The van der Waals surface area contributed by atoms with Crippen LogP contribution >= 0.6 is 23.2 Å². The van der Waals surface area contributed by atoms with Crippen molar-refractivity contribution >= 4 is 51.9 Å². The third-order valence-corrected chi connectivity index (χ3v) is 7.35. The topological polar surface area (TPSA) is 87.9 Å². The average Bonchev–Trinajstić information content (AvgIpc) is 3.29. The third-order valence-electron chi connectivity index (χ3n) is 6.83. The number of rotatable bonds is 6. The fraction of sp³-hybridized carbons (Fsp3) is 0.500. The summed E-state index contributed by atoms with van der Waals surface area (Å²) in [5.41, 5.74) is 1.84. The first kappa shape index (κ1) is 21.7. The Hall–Kier alpha value is -2.16. The summed E-state index contributed by atoms with van der Waals surface area (Å²) < 4.78 is 16.7. The van der Waals surface area contributed by atoms with Gasteiger partial charge in [-0.25, -0.2) is 14.4 Å². The van der Waals surface area contributed by atoms with Crippen molar-refractivity contribution in [3.63, 3.8) is 0 Å². The van der Waals surface area contributed by atoms with Crippen molar-refractivity contribution in [2.75, 3.05) is 17.2 Å². The van der Waals surface area contributed by atoms with Gasteiger partial charge in [0.05, 0.1) is 23.5 Å². The maximum absolute atomic E-state index is 14.7. The zero-order chi connectivity index (χ0) is 22.6. The lowest BCUT2D eigenvalue weighted by Gasteiger charge is -2.28. The molecule has 5 rings (SSSR count). The number of halogens is 3. The summed E-state index contributed by atoms with van der Waals surface area (Å²) in [6.07, 6.45) is 6.03. The Kier molecular flexibility index (Phi) is 5.42. The lowest BCUT2D eigenvalue weighted by atomic mass is 9.87. The minimum Gasteiger partial charge on any atom is -0.394 e. The van der Waals surface area contributed by atoms with Crippen LogP contribution in [0.2, 0.25) is 10.0 Å². The van der Waals surface area contributed by atoms with Crippen LogP contribution in [0.1, 0.15) is 45.6 Å². The highest BCUT2D eigenvalue weighted by atomic mass is 35.5. The first-order valence-electron chi connectivity index (χ1n) is 10.8. The molecule has 0 bridgehead atoms. The molecule has 2 fully saturated rings. The van der Waals surface area contributed by atoms with Crippen molar-refractivity contribution in [1.82, 2.24) is 19.5 Å². The molecule has 3 aromatic rings. The number of fused-ring (bicyclic) bond motifs is 2. The largest absolute Gasteiger partial charge is 0.394 e. The highest BCUT2D eigenvalue weighted by Crippen LogP contribution is 2.63. The molecule has 2 aliphatic carbocycles. The van der Waals surface area contributed by atoms with Crippen molar-refractivity contribution in [1.29, 1.82) is 0 Å². The van der Waals surface area contributed by atoms with E-state index in [-0.39, 0.29) is 34.4 Å². The summed E-state index contributed by atoms with van der Waals surface area (Å²) in [4.78, 5) is 13.7. The predicted molar refractivity (Wildman–Crippen MR) is 124 cm³/mol. The number of anilines is 3. The Bertz CT molecular complexity index is 1160. The second-order valence-corrected chi connectivity index (χ2v) is 10.1. The Morgan fingerprint density at radius 2 is 2.16 bits per heavy atom. The molecule has 0 saturated heterocycles. The van der Waals surface area contributed by atoms with Gasteiger partial charge in [-0.2, -0.15) is 4.98 Å². The van der Waals surface area contributed by atoms with Crippen LogP contribution in [0.5, 0.6) is 0 Å². The molecule has 32 heavy (non-hydrogen) atoms. The number of nitrogens with one attached hydrogen (secondary N) is 2. The summed E-state index contributed by atoms with van der Waals surface area (Å²) in [5, 5.41) is 15.9. The zero-order valence-corrected chi connectivity index (χ0v) is 19.4.